The van der Waals surface area contributed by atoms with E-state index in [4.69, 9.17) is 4.98 Å². The van der Waals surface area contributed by atoms with E-state index in [0.717, 1.165) is 16.1 Å². The smallest absolute Gasteiger partial charge is 0.280 e. The normalized spacial score (nSPS) is 11.1. The van der Waals surface area contributed by atoms with Gasteiger partial charge in [-0.15, -0.1) is 11.8 Å². The minimum atomic E-state index is -0.145. The van der Waals surface area contributed by atoms with E-state index in [2.05, 4.69) is 10.4 Å². The average Bonchev–Trinajstić information content (AvgIpc) is 3.18. The van der Waals surface area contributed by atoms with Crippen molar-refractivity contribution in [2.24, 2.45) is 0 Å². The average molecular weight is 494 g/mol. The number of benzene rings is 2. The van der Waals surface area contributed by atoms with Crippen molar-refractivity contribution in [3.63, 3.8) is 0 Å². The minimum absolute atomic E-state index is 0.126. The molecule has 0 aliphatic rings. The van der Waals surface area contributed by atoms with Crippen LogP contribution in [-0.2, 0) is 24.3 Å². The maximum absolute atomic E-state index is 13.5. The van der Waals surface area contributed by atoms with E-state index < -0.39 is 0 Å². The molecule has 2 aromatic carbocycles. The van der Waals surface area contributed by atoms with Gasteiger partial charge in [-0.25, -0.2) is 4.98 Å². The highest BCUT2D eigenvalue weighted by molar-refractivity contribution is 7.99. The fraction of sp³-hybridized carbons (Fsp3) is 0.280. The van der Waals surface area contributed by atoms with Gasteiger partial charge < -0.3 is 5.32 Å². The Morgan fingerprint density at radius 1 is 1.12 bits per heavy atom. The Bertz CT molecular complexity index is 1370. The fourth-order valence-corrected chi connectivity index (χ4v) is 5.02. The Kier molecular flexibility index (Phi) is 7.74. The molecule has 4 rings (SSSR count). The highest BCUT2D eigenvalue weighted by atomic mass is 32.2. The highest BCUT2D eigenvalue weighted by Crippen LogP contribution is 2.22. The molecule has 4 aromatic rings. The molecule has 0 saturated heterocycles. The second-order valence-electron chi connectivity index (χ2n) is 7.75. The number of carbonyl (C=O) groups excluding carboxylic acids is 1. The quantitative estimate of drug-likeness (QED) is 0.271. The van der Waals surface area contributed by atoms with Gasteiger partial charge in [0.05, 0.1) is 11.4 Å². The predicted molar refractivity (Wildman–Crippen MR) is 140 cm³/mol. The summed E-state index contributed by atoms with van der Waals surface area (Å²) in [5, 5.41) is 7.95. The summed E-state index contributed by atoms with van der Waals surface area (Å²) >= 11 is 2.89. The van der Waals surface area contributed by atoms with Gasteiger partial charge >= 0.3 is 0 Å². The molecule has 0 aliphatic heterocycles. The number of nitrogens with zero attached hydrogens (tertiary/aromatic N) is 4. The molecule has 0 unspecified atom stereocenters. The SMILES string of the molecule is CCn1nc(C)c2nc(SCC(=O)Nc3cccc(SC)c3)n(CCc3ccccc3)c(=O)c21. The number of hydrogen-bond donors (Lipinski definition) is 1. The highest BCUT2D eigenvalue weighted by Gasteiger charge is 2.19. The zero-order valence-corrected chi connectivity index (χ0v) is 21.1. The number of aryl methyl sites for hydroxylation is 3. The lowest BCUT2D eigenvalue weighted by molar-refractivity contribution is -0.113. The summed E-state index contributed by atoms with van der Waals surface area (Å²) in [4.78, 5) is 32.0. The summed E-state index contributed by atoms with van der Waals surface area (Å²) in [6.45, 7) is 4.87. The number of rotatable bonds is 9. The third kappa shape index (κ3) is 5.37. The van der Waals surface area contributed by atoms with Gasteiger partial charge in [-0.2, -0.15) is 5.10 Å². The molecule has 0 saturated carbocycles. The van der Waals surface area contributed by atoms with Gasteiger partial charge in [0.1, 0.15) is 5.52 Å². The first kappa shape index (κ1) is 24.1. The molecule has 0 atom stereocenters. The van der Waals surface area contributed by atoms with Crippen molar-refractivity contribution in [2.45, 2.75) is 43.4 Å². The number of fused-ring (bicyclic) bond motifs is 1. The zero-order chi connectivity index (χ0) is 24.1. The summed E-state index contributed by atoms with van der Waals surface area (Å²) in [7, 11) is 0. The zero-order valence-electron chi connectivity index (χ0n) is 19.4. The first-order valence-electron chi connectivity index (χ1n) is 11.1. The van der Waals surface area contributed by atoms with Crippen molar-refractivity contribution < 1.29 is 4.79 Å². The summed E-state index contributed by atoms with van der Waals surface area (Å²) in [6, 6.07) is 17.8. The molecule has 0 spiro atoms. The molecule has 0 fully saturated rings. The summed E-state index contributed by atoms with van der Waals surface area (Å²) in [5.41, 5.74) is 3.58. The van der Waals surface area contributed by atoms with Crippen LogP contribution >= 0.6 is 23.5 Å². The van der Waals surface area contributed by atoms with E-state index in [1.54, 1.807) is 21.0 Å². The number of hydrogen-bond acceptors (Lipinski definition) is 6. The van der Waals surface area contributed by atoms with E-state index in [1.807, 2.05) is 74.7 Å². The van der Waals surface area contributed by atoms with Gasteiger partial charge in [-0.05, 0) is 50.3 Å². The molecular formula is C25H27N5O2S2. The Balaban J connectivity index is 1.61. The lowest BCUT2D eigenvalue weighted by Crippen LogP contribution is -2.26. The number of anilines is 1. The maximum Gasteiger partial charge on any atom is 0.280 e. The van der Waals surface area contributed by atoms with Crippen LogP contribution in [-0.4, -0.2) is 37.2 Å². The molecule has 34 heavy (non-hydrogen) atoms. The van der Waals surface area contributed by atoms with Gasteiger partial charge in [-0.1, -0.05) is 48.2 Å². The monoisotopic (exact) mass is 493 g/mol. The number of nitrogens with one attached hydrogen (secondary N) is 1. The Morgan fingerprint density at radius 3 is 2.65 bits per heavy atom. The number of carbonyl (C=O) groups is 1. The number of amides is 1. The Hall–Kier alpha value is -3.04. The van der Waals surface area contributed by atoms with Gasteiger partial charge in [-0.3, -0.25) is 18.8 Å². The molecular weight excluding hydrogens is 466 g/mol. The van der Waals surface area contributed by atoms with Crippen molar-refractivity contribution in [3.8, 4) is 0 Å². The maximum atomic E-state index is 13.5. The van der Waals surface area contributed by atoms with Crippen LogP contribution in [0.1, 0.15) is 18.2 Å². The third-order valence-corrected chi connectivity index (χ3v) is 7.14. The molecule has 2 aromatic heterocycles. The van der Waals surface area contributed by atoms with Crippen LogP contribution in [0, 0.1) is 6.92 Å². The summed E-state index contributed by atoms with van der Waals surface area (Å²) in [6.07, 6.45) is 2.68. The van der Waals surface area contributed by atoms with E-state index >= 15 is 0 Å². The van der Waals surface area contributed by atoms with Crippen LogP contribution in [0.5, 0.6) is 0 Å². The van der Waals surface area contributed by atoms with Crippen LogP contribution in [0.2, 0.25) is 0 Å². The second kappa shape index (κ2) is 10.9. The van der Waals surface area contributed by atoms with Gasteiger partial charge in [0.25, 0.3) is 5.56 Å². The summed E-state index contributed by atoms with van der Waals surface area (Å²) in [5.74, 6) is 0.00137. The predicted octanol–water partition coefficient (Wildman–Crippen LogP) is 4.62. The molecule has 2 heterocycles. The van der Waals surface area contributed by atoms with Gasteiger partial charge in [0.2, 0.25) is 5.91 Å². The number of thioether (sulfide) groups is 2. The topological polar surface area (TPSA) is 81.8 Å². The molecule has 176 valence electrons. The Morgan fingerprint density at radius 2 is 1.91 bits per heavy atom. The minimum Gasteiger partial charge on any atom is -0.325 e. The van der Waals surface area contributed by atoms with E-state index in [1.165, 1.54) is 11.8 Å². The third-order valence-electron chi connectivity index (χ3n) is 5.43. The van der Waals surface area contributed by atoms with Crippen LogP contribution in [0.25, 0.3) is 11.0 Å². The fourth-order valence-electron chi connectivity index (χ4n) is 3.74. The molecule has 1 N–H and O–H groups in total. The lowest BCUT2D eigenvalue weighted by Gasteiger charge is -2.13. The lowest BCUT2D eigenvalue weighted by atomic mass is 10.1. The molecule has 1 amide bonds. The summed E-state index contributed by atoms with van der Waals surface area (Å²) < 4.78 is 3.38. The van der Waals surface area contributed by atoms with Crippen LogP contribution in [0.3, 0.4) is 0 Å². The van der Waals surface area contributed by atoms with Crippen molar-refractivity contribution in [3.05, 3.63) is 76.2 Å². The largest absolute Gasteiger partial charge is 0.325 e. The van der Waals surface area contributed by atoms with Crippen molar-refractivity contribution in [1.29, 1.82) is 0 Å². The van der Waals surface area contributed by atoms with Gasteiger partial charge in [0.15, 0.2) is 10.7 Å². The van der Waals surface area contributed by atoms with Crippen molar-refractivity contribution in [1.82, 2.24) is 19.3 Å². The first-order chi connectivity index (χ1) is 16.5. The van der Waals surface area contributed by atoms with E-state index in [-0.39, 0.29) is 17.2 Å². The molecule has 0 aliphatic carbocycles. The van der Waals surface area contributed by atoms with Crippen molar-refractivity contribution >= 4 is 46.2 Å². The molecule has 7 nitrogen and oxygen atoms in total. The standard InChI is InChI=1S/C25H27N5O2S2/c1-4-30-23-22(17(2)28-30)27-25(29(24(23)32)14-13-18-9-6-5-7-10-18)34-16-21(31)26-19-11-8-12-20(15-19)33-3/h5-12,15H,4,13-14,16H2,1-3H3,(H,26,31). The van der Waals surface area contributed by atoms with E-state index in [9.17, 15) is 9.59 Å². The van der Waals surface area contributed by atoms with Crippen LogP contribution in [0.4, 0.5) is 5.69 Å². The first-order valence-corrected chi connectivity index (χ1v) is 13.3. The van der Waals surface area contributed by atoms with Crippen LogP contribution < -0.4 is 10.9 Å². The number of aromatic nitrogens is 4. The Labute approximate surface area is 207 Å². The van der Waals surface area contributed by atoms with Crippen LogP contribution in [0.15, 0.2) is 69.4 Å². The van der Waals surface area contributed by atoms with Crippen molar-refractivity contribution in [2.75, 3.05) is 17.3 Å². The van der Waals surface area contributed by atoms with Gasteiger partial charge in [0, 0.05) is 23.7 Å². The molecule has 9 heteroatoms. The molecule has 0 bridgehead atoms. The van der Waals surface area contributed by atoms with E-state index in [0.29, 0.717) is 41.4 Å². The molecule has 0 radical (unpaired) electrons. The second-order valence-corrected chi connectivity index (χ2v) is 9.58.